The van der Waals surface area contributed by atoms with E-state index in [1.807, 2.05) is 85.8 Å². The second-order valence-electron chi connectivity index (χ2n) is 6.54. The number of H-pyrrole nitrogens is 1. The molecular weight excluding hydrogens is 334 g/mol. The van der Waals surface area contributed by atoms with Crippen LogP contribution in [0.2, 0.25) is 0 Å². The molecule has 1 atom stereocenters. The Labute approximate surface area is 158 Å². The van der Waals surface area contributed by atoms with Crippen LogP contribution in [0.15, 0.2) is 78.9 Å². The van der Waals surface area contributed by atoms with Gasteiger partial charge in [-0.25, -0.2) is 4.98 Å². The minimum atomic E-state index is -0.152. The van der Waals surface area contributed by atoms with E-state index in [0.717, 1.165) is 40.1 Å². The lowest BCUT2D eigenvalue weighted by molar-refractivity contribution is -0.117. The van der Waals surface area contributed by atoms with Crippen LogP contribution in [0.25, 0.3) is 22.4 Å². The third kappa shape index (κ3) is 3.60. The van der Waals surface area contributed by atoms with E-state index in [1.165, 1.54) is 0 Å². The van der Waals surface area contributed by atoms with Gasteiger partial charge < -0.3 is 10.3 Å². The van der Waals surface area contributed by atoms with Gasteiger partial charge in [0.2, 0.25) is 5.91 Å². The molecule has 4 aromatic rings. The first-order chi connectivity index (χ1) is 13.2. The molecule has 0 saturated carbocycles. The minimum absolute atomic E-state index is 0.0141. The van der Waals surface area contributed by atoms with Gasteiger partial charge >= 0.3 is 0 Å². The lowest BCUT2D eigenvalue weighted by Crippen LogP contribution is -2.20. The van der Waals surface area contributed by atoms with Crippen LogP contribution in [0.1, 0.15) is 24.8 Å². The zero-order chi connectivity index (χ0) is 18.6. The van der Waals surface area contributed by atoms with E-state index in [-0.39, 0.29) is 11.8 Å². The maximum atomic E-state index is 12.7. The fraction of sp³-hybridized carbons (Fsp3) is 0.130. The van der Waals surface area contributed by atoms with Crippen LogP contribution in [-0.4, -0.2) is 15.9 Å². The number of hydrogen-bond donors (Lipinski definition) is 2. The summed E-state index contributed by atoms with van der Waals surface area (Å²) in [6.07, 6.45) is 0.757. The monoisotopic (exact) mass is 355 g/mol. The van der Waals surface area contributed by atoms with Crippen molar-refractivity contribution in [3.63, 3.8) is 0 Å². The summed E-state index contributed by atoms with van der Waals surface area (Å²) in [4.78, 5) is 20.6. The highest BCUT2D eigenvalue weighted by Gasteiger charge is 2.18. The summed E-state index contributed by atoms with van der Waals surface area (Å²) in [5, 5.41) is 3.03. The van der Waals surface area contributed by atoms with Crippen molar-refractivity contribution in [3.8, 4) is 11.4 Å². The van der Waals surface area contributed by atoms with Gasteiger partial charge in [-0.3, -0.25) is 4.79 Å². The normalized spacial score (nSPS) is 12.0. The van der Waals surface area contributed by atoms with Crippen molar-refractivity contribution in [3.05, 3.63) is 84.4 Å². The summed E-state index contributed by atoms with van der Waals surface area (Å²) in [5.74, 6) is 0.686. The number of aromatic amines is 1. The van der Waals surface area contributed by atoms with Crippen LogP contribution in [-0.2, 0) is 4.79 Å². The predicted octanol–water partition coefficient (Wildman–Crippen LogP) is 5.36. The molecule has 2 N–H and O–H groups in total. The number of amides is 1. The Morgan fingerprint density at radius 3 is 2.37 bits per heavy atom. The number of nitrogens with one attached hydrogen (secondary N) is 2. The molecule has 0 aliphatic heterocycles. The maximum Gasteiger partial charge on any atom is 0.231 e. The number of para-hydroxylation sites is 2. The number of imidazole rings is 1. The molecule has 27 heavy (non-hydrogen) atoms. The quantitative estimate of drug-likeness (QED) is 0.506. The molecule has 0 fully saturated rings. The molecule has 4 nitrogen and oxygen atoms in total. The zero-order valence-electron chi connectivity index (χ0n) is 15.1. The number of hydrogen-bond acceptors (Lipinski definition) is 2. The van der Waals surface area contributed by atoms with E-state index in [1.54, 1.807) is 0 Å². The molecule has 1 amide bonds. The first-order valence-corrected chi connectivity index (χ1v) is 9.15. The number of nitrogens with zero attached hydrogens (tertiary/aromatic N) is 1. The largest absolute Gasteiger partial charge is 0.338 e. The second-order valence-corrected chi connectivity index (χ2v) is 6.54. The van der Waals surface area contributed by atoms with Crippen LogP contribution in [0.5, 0.6) is 0 Å². The van der Waals surface area contributed by atoms with E-state index in [2.05, 4.69) is 15.3 Å². The first-order valence-electron chi connectivity index (χ1n) is 9.15. The molecule has 4 rings (SSSR count). The van der Waals surface area contributed by atoms with Gasteiger partial charge in [0, 0.05) is 11.3 Å². The van der Waals surface area contributed by atoms with Crippen LogP contribution in [0.4, 0.5) is 5.69 Å². The summed E-state index contributed by atoms with van der Waals surface area (Å²) in [7, 11) is 0. The Bertz CT molecular complexity index is 1020. The molecule has 0 unspecified atom stereocenters. The molecule has 0 saturated heterocycles. The van der Waals surface area contributed by atoms with Crippen molar-refractivity contribution in [2.24, 2.45) is 0 Å². The van der Waals surface area contributed by atoms with Gasteiger partial charge in [-0.15, -0.1) is 0 Å². The van der Waals surface area contributed by atoms with Crippen molar-refractivity contribution in [1.82, 2.24) is 9.97 Å². The Morgan fingerprint density at radius 2 is 1.67 bits per heavy atom. The Morgan fingerprint density at radius 1 is 0.963 bits per heavy atom. The fourth-order valence-electron chi connectivity index (χ4n) is 3.29. The number of anilines is 1. The average Bonchev–Trinajstić information content (AvgIpc) is 3.14. The van der Waals surface area contributed by atoms with E-state index >= 15 is 0 Å². The lowest BCUT2D eigenvalue weighted by atomic mass is 9.95. The third-order valence-corrected chi connectivity index (χ3v) is 4.74. The molecule has 1 heterocycles. The maximum absolute atomic E-state index is 12.7. The third-order valence-electron chi connectivity index (χ3n) is 4.74. The van der Waals surface area contributed by atoms with E-state index in [4.69, 9.17) is 0 Å². The lowest BCUT2D eigenvalue weighted by Gasteiger charge is -2.15. The summed E-state index contributed by atoms with van der Waals surface area (Å²) in [5.41, 5.74) is 4.77. The molecule has 134 valence electrons. The van der Waals surface area contributed by atoms with Crippen molar-refractivity contribution in [1.29, 1.82) is 0 Å². The van der Waals surface area contributed by atoms with Crippen LogP contribution < -0.4 is 5.32 Å². The molecule has 0 spiro atoms. The molecule has 4 heteroatoms. The number of fused-ring (bicyclic) bond motifs is 1. The molecule has 1 aromatic heterocycles. The SMILES string of the molecule is CC[C@@H](C(=O)Nc1ccc(-c2nc3ccccc3[nH]2)cc1)c1ccccc1. The van der Waals surface area contributed by atoms with Gasteiger partial charge in [-0.1, -0.05) is 49.4 Å². The Balaban J connectivity index is 1.51. The van der Waals surface area contributed by atoms with Crippen LogP contribution in [0.3, 0.4) is 0 Å². The highest BCUT2D eigenvalue weighted by molar-refractivity contribution is 5.96. The van der Waals surface area contributed by atoms with Gasteiger partial charge in [-0.2, -0.15) is 0 Å². The van der Waals surface area contributed by atoms with Crippen molar-refractivity contribution < 1.29 is 4.79 Å². The van der Waals surface area contributed by atoms with Gasteiger partial charge in [0.1, 0.15) is 5.82 Å². The summed E-state index contributed by atoms with van der Waals surface area (Å²) < 4.78 is 0. The first kappa shape index (κ1) is 17.0. The van der Waals surface area contributed by atoms with Gasteiger partial charge in [0.05, 0.1) is 17.0 Å². The zero-order valence-corrected chi connectivity index (χ0v) is 15.1. The minimum Gasteiger partial charge on any atom is -0.338 e. The van der Waals surface area contributed by atoms with Crippen molar-refractivity contribution in [2.45, 2.75) is 19.3 Å². The van der Waals surface area contributed by atoms with Crippen molar-refractivity contribution in [2.75, 3.05) is 5.32 Å². The van der Waals surface area contributed by atoms with E-state index in [0.29, 0.717) is 0 Å². The molecule has 0 radical (unpaired) electrons. The number of carbonyl (C=O) groups is 1. The molecule has 3 aromatic carbocycles. The van der Waals surface area contributed by atoms with Crippen LogP contribution in [0, 0.1) is 0 Å². The predicted molar refractivity (Wildman–Crippen MR) is 110 cm³/mol. The van der Waals surface area contributed by atoms with E-state index in [9.17, 15) is 4.79 Å². The summed E-state index contributed by atoms with van der Waals surface area (Å²) in [6.45, 7) is 2.03. The Kier molecular flexibility index (Phi) is 4.71. The van der Waals surface area contributed by atoms with Gasteiger partial charge in [0.15, 0.2) is 0 Å². The smallest absolute Gasteiger partial charge is 0.231 e. The topological polar surface area (TPSA) is 57.8 Å². The van der Waals surface area contributed by atoms with Gasteiger partial charge in [-0.05, 0) is 48.4 Å². The standard InChI is InChI=1S/C23H21N3O/c1-2-19(16-8-4-3-5-9-16)23(27)24-18-14-12-17(13-15-18)22-25-20-10-6-7-11-21(20)26-22/h3-15,19H,2H2,1H3,(H,24,27)(H,25,26)/t19-/m1/s1. The highest BCUT2D eigenvalue weighted by atomic mass is 16.1. The highest BCUT2D eigenvalue weighted by Crippen LogP contribution is 2.24. The summed E-state index contributed by atoms with van der Waals surface area (Å²) >= 11 is 0. The Hall–Kier alpha value is -3.40. The number of aromatic nitrogens is 2. The molecular formula is C23H21N3O. The van der Waals surface area contributed by atoms with Crippen molar-refractivity contribution >= 4 is 22.6 Å². The summed E-state index contributed by atoms with van der Waals surface area (Å²) in [6, 6.07) is 25.6. The number of carbonyl (C=O) groups excluding carboxylic acids is 1. The van der Waals surface area contributed by atoms with Gasteiger partial charge in [0.25, 0.3) is 0 Å². The number of rotatable bonds is 5. The second kappa shape index (κ2) is 7.46. The van der Waals surface area contributed by atoms with E-state index < -0.39 is 0 Å². The number of benzene rings is 3. The molecule has 0 bridgehead atoms. The average molecular weight is 355 g/mol. The van der Waals surface area contributed by atoms with Crippen LogP contribution >= 0.6 is 0 Å². The molecule has 0 aliphatic carbocycles. The fourth-order valence-corrected chi connectivity index (χ4v) is 3.29. The molecule has 0 aliphatic rings.